The molecule has 1 heterocycles. The van der Waals surface area contributed by atoms with E-state index in [2.05, 4.69) is 0 Å². The van der Waals surface area contributed by atoms with Gasteiger partial charge in [0.1, 0.15) is 5.82 Å². The molecular formula is C24H19ClFNO3. The standard InChI is InChI=1S/C24H19ClFNO3/c25-18-8-11-21-20(14-18)24(30,15-22(28)17-6-9-19(26)10-7-17)23(29)27(21)13-12-16-4-2-1-3-5-16/h1-11,14,30H,12-13,15H2/t24-/m1/s1. The van der Waals surface area contributed by atoms with E-state index in [9.17, 15) is 19.1 Å². The molecule has 4 nitrogen and oxygen atoms in total. The minimum Gasteiger partial charge on any atom is -0.375 e. The van der Waals surface area contributed by atoms with E-state index in [4.69, 9.17) is 11.6 Å². The van der Waals surface area contributed by atoms with Crippen LogP contribution in [-0.4, -0.2) is 23.3 Å². The van der Waals surface area contributed by atoms with Crippen molar-refractivity contribution in [1.29, 1.82) is 0 Å². The Balaban J connectivity index is 1.64. The fourth-order valence-electron chi connectivity index (χ4n) is 3.77. The Labute approximate surface area is 178 Å². The third-order valence-electron chi connectivity index (χ3n) is 5.34. The molecule has 0 aromatic heterocycles. The van der Waals surface area contributed by atoms with Crippen molar-refractivity contribution in [3.8, 4) is 0 Å². The van der Waals surface area contributed by atoms with Crippen molar-refractivity contribution >= 4 is 29.0 Å². The van der Waals surface area contributed by atoms with E-state index in [1.54, 1.807) is 12.1 Å². The van der Waals surface area contributed by atoms with Crippen molar-refractivity contribution in [2.45, 2.75) is 18.4 Å². The van der Waals surface area contributed by atoms with Gasteiger partial charge < -0.3 is 10.0 Å². The second-order valence-corrected chi connectivity index (χ2v) is 7.76. The highest BCUT2D eigenvalue weighted by molar-refractivity contribution is 6.31. The zero-order chi connectivity index (χ0) is 21.3. The number of anilines is 1. The number of carbonyl (C=O) groups is 2. The summed E-state index contributed by atoms with van der Waals surface area (Å²) in [6.07, 6.45) is 0.142. The van der Waals surface area contributed by atoms with Crippen LogP contribution in [0, 0.1) is 5.82 Å². The number of hydrogen-bond donors (Lipinski definition) is 1. The second-order valence-electron chi connectivity index (χ2n) is 7.32. The fraction of sp³-hybridized carbons (Fsp3) is 0.167. The summed E-state index contributed by atoms with van der Waals surface area (Å²) in [5, 5.41) is 11.7. The third kappa shape index (κ3) is 3.74. The van der Waals surface area contributed by atoms with Gasteiger partial charge in [0.2, 0.25) is 0 Å². The molecule has 0 unspecified atom stereocenters. The predicted octanol–water partition coefficient (Wildman–Crippen LogP) is 4.53. The summed E-state index contributed by atoms with van der Waals surface area (Å²) in [6.45, 7) is 0.352. The number of Topliss-reactive ketones (excluding diaryl/α,β-unsaturated/α-hetero) is 1. The summed E-state index contributed by atoms with van der Waals surface area (Å²) >= 11 is 6.12. The largest absolute Gasteiger partial charge is 0.375 e. The van der Waals surface area contributed by atoms with E-state index in [-0.39, 0.29) is 5.56 Å². The average molecular weight is 424 g/mol. The lowest BCUT2D eigenvalue weighted by Gasteiger charge is -2.23. The van der Waals surface area contributed by atoms with Crippen molar-refractivity contribution in [3.63, 3.8) is 0 Å². The van der Waals surface area contributed by atoms with Crippen LogP contribution in [-0.2, 0) is 16.8 Å². The molecule has 0 spiro atoms. The van der Waals surface area contributed by atoms with Gasteiger partial charge in [-0.3, -0.25) is 9.59 Å². The summed E-state index contributed by atoms with van der Waals surface area (Å²) in [7, 11) is 0. The number of amides is 1. The fourth-order valence-corrected chi connectivity index (χ4v) is 3.94. The topological polar surface area (TPSA) is 57.6 Å². The molecule has 3 aromatic carbocycles. The van der Waals surface area contributed by atoms with Gasteiger partial charge >= 0.3 is 0 Å². The van der Waals surface area contributed by atoms with E-state index >= 15 is 0 Å². The zero-order valence-corrected chi connectivity index (χ0v) is 16.8. The molecule has 0 saturated carbocycles. The van der Waals surface area contributed by atoms with Gasteiger partial charge in [-0.25, -0.2) is 4.39 Å². The van der Waals surface area contributed by atoms with Crippen LogP contribution in [0.5, 0.6) is 0 Å². The molecule has 0 bridgehead atoms. The first-order chi connectivity index (χ1) is 14.4. The maximum atomic E-state index is 13.3. The molecule has 6 heteroatoms. The van der Waals surface area contributed by atoms with Crippen molar-refractivity contribution in [2.75, 3.05) is 11.4 Å². The summed E-state index contributed by atoms with van der Waals surface area (Å²) in [4.78, 5) is 27.5. The molecule has 4 rings (SSSR count). The number of ketones is 1. The molecule has 1 aliphatic heterocycles. The third-order valence-corrected chi connectivity index (χ3v) is 5.58. The Morgan fingerprint density at radius 2 is 1.73 bits per heavy atom. The Kier molecular flexibility index (Phi) is 5.41. The van der Waals surface area contributed by atoms with Crippen LogP contribution in [0.2, 0.25) is 5.02 Å². The molecule has 1 atom stereocenters. The van der Waals surface area contributed by atoms with Gasteiger partial charge in [0.05, 0.1) is 12.1 Å². The van der Waals surface area contributed by atoms with Crippen molar-refractivity contribution in [2.24, 2.45) is 0 Å². The quantitative estimate of drug-likeness (QED) is 0.593. The van der Waals surface area contributed by atoms with Gasteiger partial charge in [-0.15, -0.1) is 0 Å². The smallest absolute Gasteiger partial charge is 0.264 e. The van der Waals surface area contributed by atoms with Crippen molar-refractivity contribution in [3.05, 3.63) is 100 Å². The minimum atomic E-state index is -2.03. The summed E-state index contributed by atoms with van der Waals surface area (Å²) in [5.74, 6) is -1.49. The molecule has 1 aliphatic rings. The number of aliphatic hydroxyl groups is 1. The highest BCUT2D eigenvalue weighted by Gasteiger charge is 2.50. The normalized spacial score (nSPS) is 17.8. The van der Waals surface area contributed by atoms with E-state index in [0.29, 0.717) is 29.2 Å². The van der Waals surface area contributed by atoms with Crippen LogP contribution in [0.1, 0.15) is 27.9 Å². The van der Waals surface area contributed by atoms with Crippen LogP contribution in [0.4, 0.5) is 10.1 Å². The molecule has 0 saturated heterocycles. The first-order valence-corrected chi connectivity index (χ1v) is 9.93. The van der Waals surface area contributed by atoms with Gasteiger partial charge in [-0.2, -0.15) is 0 Å². The van der Waals surface area contributed by atoms with Crippen molar-refractivity contribution in [1.82, 2.24) is 0 Å². The maximum absolute atomic E-state index is 13.3. The number of fused-ring (bicyclic) bond motifs is 1. The van der Waals surface area contributed by atoms with E-state index in [1.165, 1.54) is 35.2 Å². The Morgan fingerprint density at radius 1 is 1.03 bits per heavy atom. The van der Waals surface area contributed by atoms with Gasteiger partial charge in [0.15, 0.2) is 11.4 Å². The van der Waals surface area contributed by atoms with E-state index < -0.39 is 29.5 Å². The molecule has 3 aromatic rings. The number of hydrogen-bond acceptors (Lipinski definition) is 3. The Hall–Kier alpha value is -3.02. The highest BCUT2D eigenvalue weighted by atomic mass is 35.5. The lowest BCUT2D eigenvalue weighted by molar-refractivity contribution is -0.135. The molecule has 0 aliphatic carbocycles. The lowest BCUT2D eigenvalue weighted by atomic mass is 9.88. The molecule has 1 amide bonds. The monoisotopic (exact) mass is 423 g/mol. The van der Waals surface area contributed by atoms with Crippen LogP contribution >= 0.6 is 11.6 Å². The van der Waals surface area contributed by atoms with Gasteiger partial charge in [0.25, 0.3) is 5.91 Å². The maximum Gasteiger partial charge on any atom is 0.264 e. The summed E-state index contributed by atoms with van der Waals surface area (Å²) in [6, 6.07) is 19.6. The molecule has 1 N–H and O–H groups in total. The first-order valence-electron chi connectivity index (χ1n) is 9.55. The predicted molar refractivity (Wildman–Crippen MR) is 113 cm³/mol. The van der Waals surface area contributed by atoms with Crippen LogP contribution < -0.4 is 4.90 Å². The highest BCUT2D eigenvalue weighted by Crippen LogP contribution is 2.44. The molecular weight excluding hydrogens is 405 g/mol. The number of halogens is 2. The van der Waals surface area contributed by atoms with Crippen molar-refractivity contribution < 1.29 is 19.1 Å². The van der Waals surface area contributed by atoms with E-state index in [1.807, 2.05) is 30.3 Å². The van der Waals surface area contributed by atoms with Crippen LogP contribution in [0.15, 0.2) is 72.8 Å². The van der Waals surface area contributed by atoms with Crippen LogP contribution in [0.3, 0.4) is 0 Å². The first kappa shape index (κ1) is 20.3. The number of rotatable bonds is 6. The minimum absolute atomic E-state index is 0.226. The summed E-state index contributed by atoms with van der Waals surface area (Å²) < 4.78 is 13.2. The molecule has 152 valence electrons. The molecule has 0 fully saturated rings. The number of benzene rings is 3. The Morgan fingerprint density at radius 3 is 2.43 bits per heavy atom. The van der Waals surface area contributed by atoms with E-state index in [0.717, 1.165) is 5.56 Å². The molecule has 0 radical (unpaired) electrons. The lowest BCUT2D eigenvalue weighted by Crippen LogP contribution is -2.42. The number of nitrogens with zero attached hydrogens (tertiary/aromatic N) is 1. The Bertz CT molecular complexity index is 1100. The zero-order valence-electron chi connectivity index (χ0n) is 16.0. The SMILES string of the molecule is O=C(C[C@]1(O)C(=O)N(CCc2ccccc2)c2ccc(Cl)cc21)c1ccc(F)cc1. The number of carbonyl (C=O) groups excluding carboxylic acids is 2. The summed E-state index contributed by atoms with van der Waals surface area (Å²) in [5.41, 5.74) is 0.100. The second kappa shape index (κ2) is 8.01. The average Bonchev–Trinajstić information content (AvgIpc) is 2.94. The van der Waals surface area contributed by atoms with Gasteiger partial charge in [-0.1, -0.05) is 41.9 Å². The van der Waals surface area contributed by atoms with Crippen LogP contribution in [0.25, 0.3) is 0 Å². The van der Waals surface area contributed by atoms with Gasteiger partial charge in [-0.05, 0) is 54.4 Å². The molecule has 30 heavy (non-hydrogen) atoms. The van der Waals surface area contributed by atoms with Gasteiger partial charge in [0, 0.05) is 22.7 Å².